The van der Waals surface area contributed by atoms with E-state index < -0.39 is 54.0 Å². The second kappa shape index (κ2) is 22.9. The van der Waals surface area contributed by atoms with Gasteiger partial charge in [0.25, 0.3) is 0 Å². The summed E-state index contributed by atoms with van der Waals surface area (Å²) < 4.78 is 5.13. The van der Waals surface area contributed by atoms with Gasteiger partial charge in [0.2, 0.25) is 24.1 Å². The molecule has 0 spiro atoms. The van der Waals surface area contributed by atoms with E-state index in [1.807, 2.05) is 56.5 Å². The lowest BCUT2D eigenvalue weighted by Crippen LogP contribution is -2.57. The number of nitrogens with one attached hydrogen (secondary N) is 5. The summed E-state index contributed by atoms with van der Waals surface area (Å²) in [4.78, 5) is 74.9. The first kappa shape index (κ1) is 40.6. The van der Waals surface area contributed by atoms with E-state index in [-0.39, 0.29) is 31.9 Å². The molecule has 0 aromatic heterocycles. The van der Waals surface area contributed by atoms with Crippen LogP contribution >= 0.6 is 11.8 Å². The lowest BCUT2D eigenvalue weighted by molar-refractivity contribution is -0.139. The number of hydrogen-bond acceptors (Lipinski definition) is 8. The van der Waals surface area contributed by atoms with Crippen LogP contribution in [0.2, 0.25) is 0 Å². The number of carboxylic acids is 1. The molecule has 268 valence electrons. The number of unbranched alkanes of at least 4 members (excludes halogenated alkanes) is 1. The summed E-state index contributed by atoms with van der Waals surface area (Å²) in [6.07, 6.45) is 3.31. The number of amides is 5. The minimum atomic E-state index is -1.20. The van der Waals surface area contributed by atoms with Gasteiger partial charge in [-0.05, 0) is 61.2 Å². The van der Waals surface area contributed by atoms with Crippen LogP contribution in [0.15, 0.2) is 60.7 Å². The zero-order valence-corrected chi connectivity index (χ0v) is 29.1. The van der Waals surface area contributed by atoms with Gasteiger partial charge in [0.05, 0.1) is 0 Å². The largest absolute Gasteiger partial charge is 0.480 e. The molecule has 0 fully saturated rings. The third-order valence-corrected chi connectivity index (χ3v) is 8.12. The van der Waals surface area contributed by atoms with E-state index in [2.05, 4.69) is 26.6 Å². The monoisotopic (exact) mass is 699 g/mol. The van der Waals surface area contributed by atoms with Crippen LogP contribution in [0.5, 0.6) is 0 Å². The zero-order chi connectivity index (χ0) is 36.0. The lowest BCUT2D eigenvalue weighted by Gasteiger charge is -2.26. The molecule has 6 N–H and O–H groups in total. The van der Waals surface area contributed by atoms with Gasteiger partial charge in [-0.25, -0.2) is 9.59 Å². The molecule has 0 aliphatic rings. The van der Waals surface area contributed by atoms with Gasteiger partial charge in [0.15, 0.2) is 0 Å². The number of rotatable bonds is 23. The van der Waals surface area contributed by atoms with Crippen molar-refractivity contribution in [1.29, 1.82) is 0 Å². The van der Waals surface area contributed by atoms with Crippen LogP contribution in [0.3, 0.4) is 0 Å². The summed E-state index contributed by atoms with van der Waals surface area (Å²) in [6, 6.07) is 14.3. The van der Waals surface area contributed by atoms with Gasteiger partial charge in [-0.15, -0.1) is 0 Å². The Morgan fingerprint density at radius 1 is 0.776 bits per heavy atom. The summed E-state index contributed by atoms with van der Waals surface area (Å²) in [5.74, 6) is -1.98. The maximum Gasteiger partial charge on any atom is 0.408 e. The molecule has 0 saturated heterocycles. The molecule has 13 nitrogen and oxygen atoms in total. The number of carbonyl (C=O) groups excluding carboxylic acids is 5. The van der Waals surface area contributed by atoms with E-state index in [4.69, 9.17) is 4.74 Å². The predicted molar refractivity (Wildman–Crippen MR) is 187 cm³/mol. The number of carboxylic acid groups (broad SMARTS) is 1. The molecule has 5 amide bonds. The predicted octanol–water partition coefficient (Wildman–Crippen LogP) is 2.78. The Morgan fingerprint density at radius 3 is 1.98 bits per heavy atom. The molecule has 49 heavy (non-hydrogen) atoms. The maximum atomic E-state index is 13.5. The summed E-state index contributed by atoms with van der Waals surface area (Å²) in [5, 5.41) is 22.8. The second-order valence-corrected chi connectivity index (χ2v) is 12.9. The van der Waals surface area contributed by atoms with Crippen molar-refractivity contribution in [2.24, 2.45) is 5.92 Å². The highest BCUT2D eigenvalue weighted by Gasteiger charge is 2.29. The molecule has 4 unspecified atom stereocenters. The van der Waals surface area contributed by atoms with Crippen LogP contribution in [0.4, 0.5) is 4.79 Å². The van der Waals surface area contributed by atoms with Gasteiger partial charge in [-0.2, -0.15) is 11.8 Å². The number of ether oxygens (including phenoxy) is 1. The van der Waals surface area contributed by atoms with Crippen LogP contribution in [-0.4, -0.2) is 84.0 Å². The fraction of sp³-hybridized carbons (Fsp3) is 0.486. The van der Waals surface area contributed by atoms with Crippen molar-refractivity contribution in [3.63, 3.8) is 0 Å². The molecule has 2 aromatic rings. The standard InChI is InChI=1S/C35H49N5O8S/c1-24(2)20-29(38-32(43)27(37-23-41)17-19-49-3)33(44)39-30(21-25-12-6-4-7-13-25)31(42)36-18-11-10-16-28(34(45)46)40-35(47)48-22-26-14-8-5-9-15-26/h4-9,12-15,23-24,27-30H,10-11,16-22H2,1-3H3,(H,36,42)(H,37,41)(H,38,43)(H,39,44)(H,40,47)(H,45,46). The lowest BCUT2D eigenvalue weighted by atomic mass is 10.0. The zero-order valence-electron chi connectivity index (χ0n) is 28.3. The average molecular weight is 700 g/mol. The molecule has 0 bridgehead atoms. The molecule has 0 aliphatic carbocycles. The van der Waals surface area contributed by atoms with E-state index in [9.17, 15) is 33.9 Å². The topological polar surface area (TPSA) is 192 Å². The summed E-state index contributed by atoms with van der Waals surface area (Å²) in [7, 11) is 0. The van der Waals surface area contributed by atoms with Gasteiger partial charge in [0.1, 0.15) is 30.8 Å². The van der Waals surface area contributed by atoms with Gasteiger partial charge >= 0.3 is 12.1 Å². The van der Waals surface area contributed by atoms with Gasteiger partial charge in [-0.1, -0.05) is 74.5 Å². The molecule has 0 heterocycles. The Labute approximate surface area is 292 Å². The number of benzene rings is 2. The summed E-state index contributed by atoms with van der Waals surface area (Å²) in [5.41, 5.74) is 1.58. The first-order valence-electron chi connectivity index (χ1n) is 16.3. The maximum absolute atomic E-state index is 13.5. The van der Waals surface area contributed by atoms with Crippen LogP contribution < -0.4 is 26.6 Å². The molecule has 0 aliphatic heterocycles. The van der Waals surface area contributed by atoms with Crippen molar-refractivity contribution >= 4 is 48.0 Å². The molecule has 0 radical (unpaired) electrons. The van der Waals surface area contributed by atoms with Crippen molar-refractivity contribution in [3.8, 4) is 0 Å². The first-order chi connectivity index (χ1) is 23.5. The smallest absolute Gasteiger partial charge is 0.408 e. The summed E-state index contributed by atoms with van der Waals surface area (Å²) >= 11 is 1.53. The van der Waals surface area contributed by atoms with Crippen LogP contribution in [-0.2, 0) is 41.7 Å². The second-order valence-electron chi connectivity index (χ2n) is 11.9. The Kier molecular flexibility index (Phi) is 19.0. The van der Waals surface area contributed by atoms with Gasteiger partial charge in [-0.3, -0.25) is 19.2 Å². The highest BCUT2D eigenvalue weighted by Crippen LogP contribution is 2.10. The van der Waals surface area contributed by atoms with Crippen LogP contribution in [0.25, 0.3) is 0 Å². The Hall–Kier alpha value is -4.59. The fourth-order valence-corrected chi connectivity index (χ4v) is 5.36. The number of thioether (sulfide) groups is 1. The van der Waals surface area contributed by atoms with Crippen molar-refractivity contribution in [3.05, 3.63) is 71.8 Å². The normalized spacial score (nSPS) is 13.2. The van der Waals surface area contributed by atoms with Crippen molar-refractivity contribution < 1.29 is 38.6 Å². The SMILES string of the molecule is CSCCC(NC=O)C(=O)NC(CC(C)C)C(=O)NC(Cc1ccccc1)C(=O)NCCCCC(NC(=O)OCc1ccccc1)C(=O)O. The minimum Gasteiger partial charge on any atom is -0.480 e. The first-order valence-corrected chi connectivity index (χ1v) is 17.7. The Morgan fingerprint density at radius 2 is 1.39 bits per heavy atom. The molecule has 2 aromatic carbocycles. The van der Waals surface area contributed by atoms with Crippen LogP contribution in [0.1, 0.15) is 57.1 Å². The van der Waals surface area contributed by atoms with Gasteiger partial charge < -0.3 is 36.4 Å². The molecule has 2 rings (SSSR count). The Balaban J connectivity index is 1.98. The van der Waals surface area contributed by atoms with E-state index in [0.717, 1.165) is 11.1 Å². The quantitative estimate of drug-likeness (QED) is 0.0748. The minimum absolute atomic E-state index is 0.00636. The summed E-state index contributed by atoms with van der Waals surface area (Å²) in [6.45, 7) is 4.03. The Bertz CT molecular complexity index is 1330. The third kappa shape index (κ3) is 16.4. The number of hydrogen-bond donors (Lipinski definition) is 6. The molecule has 14 heteroatoms. The highest BCUT2D eigenvalue weighted by molar-refractivity contribution is 7.98. The number of alkyl carbamates (subject to hydrolysis) is 1. The highest BCUT2D eigenvalue weighted by atomic mass is 32.2. The average Bonchev–Trinajstić information content (AvgIpc) is 3.08. The van der Waals surface area contributed by atoms with Gasteiger partial charge in [0, 0.05) is 13.0 Å². The third-order valence-electron chi connectivity index (χ3n) is 7.47. The number of aliphatic carboxylic acids is 1. The molecule has 0 saturated carbocycles. The molecular weight excluding hydrogens is 650 g/mol. The number of carbonyl (C=O) groups is 6. The van der Waals surface area contributed by atoms with E-state index >= 15 is 0 Å². The molecular formula is C35H49N5O8S. The fourth-order valence-electron chi connectivity index (χ4n) is 4.89. The van der Waals surface area contributed by atoms with Crippen LogP contribution in [0, 0.1) is 5.92 Å². The van der Waals surface area contributed by atoms with E-state index in [1.165, 1.54) is 11.8 Å². The van der Waals surface area contributed by atoms with E-state index in [1.54, 1.807) is 24.3 Å². The van der Waals surface area contributed by atoms with Crippen molar-refractivity contribution in [2.75, 3.05) is 18.6 Å². The van der Waals surface area contributed by atoms with Crippen molar-refractivity contribution in [2.45, 2.75) is 83.1 Å². The molecule has 4 atom stereocenters. The van der Waals surface area contributed by atoms with Crippen molar-refractivity contribution in [1.82, 2.24) is 26.6 Å². The van der Waals surface area contributed by atoms with E-state index in [0.29, 0.717) is 37.8 Å².